The van der Waals surface area contributed by atoms with Crippen LogP contribution in [-0.2, 0) is 5.41 Å². The zero-order valence-corrected chi connectivity index (χ0v) is 8.55. The second-order valence-electron chi connectivity index (χ2n) is 4.90. The van der Waals surface area contributed by atoms with Gasteiger partial charge in [0.1, 0.15) is 0 Å². The molecular formula is C12H12N2O. The molecule has 2 atom stereocenters. The van der Waals surface area contributed by atoms with Gasteiger partial charge in [-0.2, -0.15) is 0 Å². The highest BCUT2D eigenvalue weighted by Gasteiger charge is 2.64. The second kappa shape index (κ2) is 2.03. The summed E-state index contributed by atoms with van der Waals surface area (Å²) in [7, 11) is 0. The number of H-pyrrole nitrogens is 1. The van der Waals surface area contributed by atoms with Crippen molar-refractivity contribution in [3.63, 3.8) is 0 Å². The maximum Gasteiger partial charge on any atom is 0.204 e. The molecule has 0 bridgehead atoms. The molecule has 2 aliphatic carbocycles. The van der Waals surface area contributed by atoms with Gasteiger partial charge in [-0.1, -0.05) is 0 Å². The van der Waals surface area contributed by atoms with E-state index >= 15 is 0 Å². The van der Waals surface area contributed by atoms with E-state index in [9.17, 15) is 4.79 Å². The number of rotatable bonds is 0. The number of hydrogen-bond donors (Lipinski definition) is 2. The van der Waals surface area contributed by atoms with Crippen LogP contribution in [0.25, 0.3) is 0 Å². The summed E-state index contributed by atoms with van der Waals surface area (Å²) in [6, 6.07) is 0. The fraction of sp³-hybridized carbons (Fsp3) is 0.417. The summed E-state index contributed by atoms with van der Waals surface area (Å²) in [6.07, 6.45) is 4.96. The molecule has 0 amide bonds. The third-order valence-corrected chi connectivity index (χ3v) is 4.17. The number of aromatic nitrogens is 1. The van der Waals surface area contributed by atoms with Crippen molar-refractivity contribution in [3.8, 4) is 0 Å². The molecule has 1 spiro atoms. The number of aromatic amines is 1. The molecule has 2 N–H and O–H groups in total. The molecule has 1 aliphatic heterocycles. The predicted molar refractivity (Wildman–Crippen MR) is 55.7 cm³/mol. The van der Waals surface area contributed by atoms with E-state index in [1.807, 2.05) is 6.20 Å². The topological polar surface area (TPSA) is 44.9 Å². The van der Waals surface area contributed by atoms with Crippen LogP contribution >= 0.6 is 0 Å². The fourth-order valence-electron chi connectivity index (χ4n) is 3.41. The first-order chi connectivity index (χ1) is 7.23. The van der Waals surface area contributed by atoms with E-state index in [1.54, 1.807) is 6.08 Å². The minimum Gasteiger partial charge on any atom is -0.387 e. The van der Waals surface area contributed by atoms with E-state index in [0.717, 1.165) is 17.9 Å². The summed E-state index contributed by atoms with van der Waals surface area (Å²) in [5, 5.41) is 3.36. The smallest absolute Gasteiger partial charge is 0.204 e. The lowest BCUT2D eigenvalue weighted by molar-refractivity contribution is 0.103. The normalized spacial score (nSPS) is 35.1. The Balaban J connectivity index is 2.07. The van der Waals surface area contributed by atoms with E-state index < -0.39 is 0 Å². The standard InChI is InChI=1S/C12H12N2O/c1-6-4-14-11-8(15)2-9-12(10(6)11)3-7(12)5-13-9/h2,4,7,13-14H,3,5H2,1H3/t7-,12?/m1/s1. The highest BCUT2D eigenvalue weighted by atomic mass is 16.1. The Hall–Kier alpha value is -1.51. The van der Waals surface area contributed by atoms with Gasteiger partial charge in [0, 0.05) is 29.9 Å². The molecule has 2 fully saturated rings. The number of carbonyl (C=O) groups is 1. The Morgan fingerprint density at radius 1 is 1.53 bits per heavy atom. The van der Waals surface area contributed by atoms with Crippen LogP contribution in [0.2, 0.25) is 0 Å². The molecule has 1 saturated carbocycles. The number of hydrogen-bond acceptors (Lipinski definition) is 2. The Bertz CT molecular complexity index is 526. The molecule has 1 unspecified atom stereocenters. The first-order valence-electron chi connectivity index (χ1n) is 5.42. The minimum atomic E-state index is 0.124. The van der Waals surface area contributed by atoms with Gasteiger partial charge in [-0.25, -0.2) is 0 Å². The number of piperidine rings is 1. The van der Waals surface area contributed by atoms with Crippen molar-refractivity contribution >= 4 is 5.78 Å². The van der Waals surface area contributed by atoms with Crippen LogP contribution in [0, 0.1) is 12.8 Å². The van der Waals surface area contributed by atoms with Crippen LogP contribution in [-0.4, -0.2) is 17.3 Å². The molecule has 15 heavy (non-hydrogen) atoms. The highest BCUT2D eigenvalue weighted by Crippen LogP contribution is 2.64. The fourth-order valence-corrected chi connectivity index (χ4v) is 3.41. The molecule has 1 aromatic heterocycles. The van der Waals surface area contributed by atoms with Gasteiger partial charge in [-0.3, -0.25) is 4.79 Å². The van der Waals surface area contributed by atoms with Crippen LogP contribution in [0.1, 0.15) is 28.0 Å². The van der Waals surface area contributed by atoms with Crippen molar-refractivity contribution in [3.05, 3.63) is 34.8 Å². The van der Waals surface area contributed by atoms with Crippen LogP contribution in [0.5, 0.6) is 0 Å². The van der Waals surface area contributed by atoms with Gasteiger partial charge < -0.3 is 10.3 Å². The maximum absolute atomic E-state index is 11.9. The van der Waals surface area contributed by atoms with Crippen molar-refractivity contribution < 1.29 is 4.79 Å². The highest BCUT2D eigenvalue weighted by molar-refractivity contribution is 6.07. The van der Waals surface area contributed by atoms with Gasteiger partial charge in [0.15, 0.2) is 0 Å². The molecule has 4 rings (SSSR count). The quantitative estimate of drug-likeness (QED) is 0.662. The third-order valence-electron chi connectivity index (χ3n) is 4.17. The number of ketones is 1. The van der Waals surface area contributed by atoms with Crippen molar-refractivity contribution in [2.24, 2.45) is 5.92 Å². The van der Waals surface area contributed by atoms with E-state index in [-0.39, 0.29) is 11.2 Å². The van der Waals surface area contributed by atoms with Gasteiger partial charge in [-0.15, -0.1) is 0 Å². The number of fused-ring (bicyclic) bond motifs is 1. The van der Waals surface area contributed by atoms with E-state index in [0.29, 0.717) is 5.92 Å². The van der Waals surface area contributed by atoms with E-state index in [4.69, 9.17) is 0 Å². The summed E-state index contributed by atoms with van der Waals surface area (Å²) in [5.41, 5.74) is 4.66. The van der Waals surface area contributed by atoms with Gasteiger partial charge in [0.2, 0.25) is 5.78 Å². The number of allylic oxidation sites excluding steroid dienone is 2. The molecule has 2 heterocycles. The SMILES string of the molecule is Cc1c[nH]c2c1C13C[C@@H]1CNC3=CC2=O. The number of carbonyl (C=O) groups excluding carboxylic acids is 1. The van der Waals surface area contributed by atoms with Gasteiger partial charge in [0.05, 0.1) is 5.69 Å². The molecule has 1 saturated heterocycles. The molecule has 76 valence electrons. The van der Waals surface area contributed by atoms with Crippen LogP contribution in [0.3, 0.4) is 0 Å². The van der Waals surface area contributed by atoms with Gasteiger partial charge >= 0.3 is 0 Å². The Kier molecular flexibility index (Phi) is 1.05. The molecule has 3 heteroatoms. The van der Waals surface area contributed by atoms with E-state index in [1.165, 1.54) is 17.5 Å². The van der Waals surface area contributed by atoms with Crippen molar-refractivity contribution in [2.45, 2.75) is 18.8 Å². The zero-order chi connectivity index (χ0) is 10.2. The maximum atomic E-state index is 11.9. The average molecular weight is 200 g/mol. The lowest BCUT2D eigenvalue weighted by Gasteiger charge is -2.21. The van der Waals surface area contributed by atoms with Gasteiger partial charge in [-0.05, 0) is 30.4 Å². The first kappa shape index (κ1) is 7.74. The minimum absolute atomic E-state index is 0.124. The molecule has 3 nitrogen and oxygen atoms in total. The summed E-state index contributed by atoms with van der Waals surface area (Å²) < 4.78 is 0. The predicted octanol–water partition coefficient (Wildman–Crippen LogP) is 1.26. The summed E-state index contributed by atoms with van der Waals surface area (Å²) in [4.78, 5) is 15.0. The Morgan fingerprint density at radius 3 is 3.20 bits per heavy atom. The Labute approximate surface area is 87.6 Å². The average Bonchev–Trinajstić information content (AvgIpc) is 2.61. The molecule has 0 aromatic carbocycles. The van der Waals surface area contributed by atoms with Crippen molar-refractivity contribution in [1.82, 2.24) is 10.3 Å². The van der Waals surface area contributed by atoms with Crippen molar-refractivity contribution in [2.75, 3.05) is 6.54 Å². The lowest BCUT2D eigenvalue weighted by Crippen LogP contribution is -2.25. The van der Waals surface area contributed by atoms with Gasteiger partial charge in [0.25, 0.3) is 0 Å². The first-order valence-corrected chi connectivity index (χ1v) is 5.42. The summed E-state index contributed by atoms with van der Waals surface area (Å²) in [6.45, 7) is 3.12. The molecule has 0 radical (unpaired) electrons. The largest absolute Gasteiger partial charge is 0.387 e. The van der Waals surface area contributed by atoms with Crippen LogP contribution in [0.4, 0.5) is 0 Å². The second-order valence-corrected chi connectivity index (χ2v) is 4.90. The molecule has 1 aromatic rings. The molecular weight excluding hydrogens is 188 g/mol. The number of nitrogens with one attached hydrogen (secondary N) is 2. The molecule has 3 aliphatic rings. The lowest BCUT2D eigenvalue weighted by atomic mass is 9.84. The Morgan fingerprint density at radius 2 is 2.40 bits per heavy atom. The summed E-state index contributed by atoms with van der Waals surface area (Å²) in [5.74, 6) is 0.837. The number of aryl methyl sites for hydroxylation is 1. The van der Waals surface area contributed by atoms with Crippen LogP contribution in [0.15, 0.2) is 18.0 Å². The monoisotopic (exact) mass is 200 g/mol. The summed E-state index contributed by atoms with van der Waals surface area (Å²) >= 11 is 0. The third kappa shape index (κ3) is 0.664. The zero-order valence-electron chi connectivity index (χ0n) is 8.55. The van der Waals surface area contributed by atoms with Crippen LogP contribution < -0.4 is 5.32 Å². The van der Waals surface area contributed by atoms with Crippen molar-refractivity contribution in [1.29, 1.82) is 0 Å². The van der Waals surface area contributed by atoms with E-state index in [2.05, 4.69) is 17.2 Å².